The van der Waals surface area contributed by atoms with E-state index in [1.165, 1.54) is 57.9 Å². The summed E-state index contributed by atoms with van der Waals surface area (Å²) in [6.07, 6.45) is 11.4. The Bertz CT molecular complexity index is 122. The third kappa shape index (κ3) is 19.5. The first-order valence-electron chi connectivity index (χ1n) is 6.36. The van der Waals surface area contributed by atoms with Gasteiger partial charge in [0.05, 0.1) is 27.7 Å². The van der Waals surface area contributed by atoms with E-state index in [4.69, 9.17) is 0 Å². The molecule has 0 aliphatic rings. The lowest BCUT2D eigenvalue weighted by atomic mass is 10.1. The van der Waals surface area contributed by atoms with Gasteiger partial charge >= 0.3 is 0 Å². The summed E-state index contributed by atoms with van der Waals surface area (Å²) in [6, 6.07) is 0. The average Bonchev–Trinajstić information content (AvgIpc) is 2.08. The molecular weight excluding hydrogens is 202 g/mol. The monoisotopic (exact) mass is 235 g/mol. The van der Waals surface area contributed by atoms with Gasteiger partial charge in [0.1, 0.15) is 0 Å². The minimum atomic E-state index is 0. The zero-order valence-corrected chi connectivity index (χ0v) is 11.8. The lowest BCUT2D eigenvalue weighted by molar-refractivity contribution is -0.870. The Morgan fingerprint density at radius 1 is 0.688 bits per heavy atom. The third-order valence-corrected chi connectivity index (χ3v) is 2.68. The summed E-state index contributed by atoms with van der Waals surface area (Å²) in [5.41, 5.74) is 0. The predicted molar refractivity (Wildman–Crippen MR) is 71.1 cm³/mol. The molecule has 0 radical (unpaired) electrons. The topological polar surface area (TPSA) is 61.5 Å². The molecule has 102 valence electrons. The predicted octanol–water partition coefficient (Wildman–Crippen LogP) is 2.83. The van der Waals surface area contributed by atoms with Gasteiger partial charge in [-0.05, 0) is 12.8 Å². The number of rotatable bonds is 9. The van der Waals surface area contributed by atoms with Crippen LogP contribution < -0.4 is 0 Å². The van der Waals surface area contributed by atoms with E-state index in [0.717, 1.165) is 4.48 Å². The van der Waals surface area contributed by atoms with E-state index in [1.807, 2.05) is 0 Å². The molecule has 0 aromatic rings. The van der Waals surface area contributed by atoms with Crippen LogP contribution in [-0.2, 0) is 0 Å². The van der Waals surface area contributed by atoms with Crippen LogP contribution in [0.25, 0.3) is 0 Å². The van der Waals surface area contributed by atoms with Crippen LogP contribution in [-0.4, -0.2) is 43.1 Å². The zero-order valence-electron chi connectivity index (χ0n) is 11.8. The van der Waals surface area contributed by atoms with Crippen molar-refractivity contribution >= 4 is 0 Å². The van der Waals surface area contributed by atoms with Gasteiger partial charge in [-0.15, -0.1) is 0 Å². The minimum absolute atomic E-state index is 0. The lowest BCUT2D eigenvalue weighted by Crippen LogP contribution is -2.35. The molecule has 0 heterocycles. The van der Waals surface area contributed by atoms with Crippen LogP contribution in [0.2, 0.25) is 0 Å². The fraction of sp³-hybridized carbons (Fsp3) is 1.00. The average molecular weight is 235 g/mol. The molecule has 0 fully saturated rings. The van der Waals surface area contributed by atoms with Crippen LogP contribution in [0.15, 0.2) is 0 Å². The first-order valence-corrected chi connectivity index (χ1v) is 6.36. The van der Waals surface area contributed by atoms with Crippen molar-refractivity contribution < 1.29 is 15.4 Å². The standard InChI is InChI=1S/C13H30N.2H2O/c1-5-6-7-8-9-10-11-12-13-14(2,3)4;;/h5-13H2,1-4H3;2*1H2/q+1;;/p-1. The van der Waals surface area contributed by atoms with Gasteiger partial charge in [-0.3, -0.25) is 0 Å². The Kier molecular flexibility index (Phi) is 17.2. The van der Waals surface area contributed by atoms with Crippen molar-refractivity contribution in [2.45, 2.75) is 58.3 Å². The highest BCUT2D eigenvalue weighted by Crippen LogP contribution is 2.09. The number of nitrogens with zero attached hydrogens (tertiary/aromatic N) is 1. The summed E-state index contributed by atoms with van der Waals surface area (Å²) in [6.45, 7) is 3.61. The van der Waals surface area contributed by atoms with E-state index in [-0.39, 0.29) is 11.0 Å². The van der Waals surface area contributed by atoms with Gasteiger partial charge in [-0.1, -0.05) is 45.4 Å². The van der Waals surface area contributed by atoms with E-state index >= 15 is 0 Å². The summed E-state index contributed by atoms with van der Waals surface area (Å²) in [7, 11) is 6.84. The maximum atomic E-state index is 2.28. The Balaban J connectivity index is -0.000000845. The summed E-state index contributed by atoms with van der Waals surface area (Å²) in [4.78, 5) is 0. The van der Waals surface area contributed by atoms with Crippen LogP contribution in [0, 0.1) is 0 Å². The van der Waals surface area contributed by atoms with Gasteiger partial charge in [-0.25, -0.2) is 0 Å². The summed E-state index contributed by atoms with van der Waals surface area (Å²) in [5.74, 6) is 0. The number of unbranched alkanes of at least 4 members (excludes halogenated alkanes) is 7. The lowest BCUT2D eigenvalue weighted by Gasteiger charge is -2.23. The molecule has 0 aromatic carbocycles. The fourth-order valence-corrected chi connectivity index (χ4v) is 1.72. The maximum Gasteiger partial charge on any atom is 0.0780 e. The molecular formula is C13H33NO2. The number of hydrogen-bond donors (Lipinski definition) is 0. The Labute approximate surface area is 102 Å². The Hall–Kier alpha value is -0.120. The van der Waals surface area contributed by atoms with Crippen molar-refractivity contribution in [3.8, 4) is 0 Å². The maximum absolute atomic E-state index is 2.28. The van der Waals surface area contributed by atoms with Crippen molar-refractivity contribution in [3.05, 3.63) is 0 Å². The van der Waals surface area contributed by atoms with Crippen molar-refractivity contribution in [3.63, 3.8) is 0 Å². The molecule has 0 saturated heterocycles. The zero-order chi connectivity index (χ0) is 10.9. The summed E-state index contributed by atoms with van der Waals surface area (Å²) < 4.78 is 1.12. The highest BCUT2D eigenvalue weighted by molar-refractivity contribution is 4.45. The van der Waals surface area contributed by atoms with Gasteiger partial charge < -0.3 is 15.4 Å². The van der Waals surface area contributed by atoms with Gasteiger partial charge in [0.2, 0.25) is 0 Å². The molecule has 0 saturated carbocycles. The van der Waals surface area contributed by atoms with E-state index < -0.39 is 0 Å². The molecule has 0 amide bonds. The molecule has 0 bridgehead atoms. The van der Waals surface area contributed by atoms with E-state index in [9.17, 15) is 0 Å². The molecule has 3 heteroatoms. The van der Waals surface area contributed by atoms with Gasteiger partial charge in [0.25, 0.3) is 0 Å². The van der Waals surface area contributed by atoms with E-state index in [0.29, 0.717) is 0 Å². The largest absolute Gasteiger partial charge is 0.870 e. The second kappa shape index (κ2) is 12.9. The quantitative estimate of drug-likeness (QED) is 0.448. The highest BCUT2D eigenvalue weighted by Gasteiger charge is 2.04. The van der Waals surface area contributed by atoms with Gasteiger partial charge in [0, 0.05) is 0 Å². The molecule has 0 spiro atoms. The third-order valence-electron chi connectivity index (χ3n) is 2.68. The molecule has 0 unspecified atom stereocenters. The van der Waals surface area contributed by atoms with Crippen LogP contribution >= 0.6 is 0 Å². The Morgan fingerprint density at radius 3 is 1.44 bits per heavy atom. The highest BCUT2D eigenvalue weighted by atomic mass is 16.0. The van der Waals surface area contributed by atoms with Crippen LogP contribution in [0.3, 0.4) is 0 Å². The molecule has 0 rings (SSSR count). The van der Waals surface area contributed by atoms with Crippen molar-refractivity contribution in [2.24, 2.45) is 0 Å². The smallest absolute Gasteiger partial charge is 0.0780 e. The first-order chi connectivity index (χ1) is 6.56. The van der Waals surface area contributed by atoms with E-state index in [1.54, 1.807) is 0 Å². The van der Waals surface area contributed by atoms with E-state index in [2.05, 4.69) is 28.1 Å². The van der Waals surface area contributed by atoms with Crippen molar-refractivity contribution in [2.75, 3.05) is 27.7 Å². The van der Waals surface area contributed by atoms with Gasteiger partial charge in [0.15, 0.2) is 0 Å². The van der Waals surface area contributed by atoms with Crippen molar-refractivity contribution in [1.82, 2.24) is 0 Å². The molecule has 3 N–H and O–H groups in total. The first kappa shape index (κ1) is 21.2. The van der Waals surface area contributed by atoms with Crippen LogP contribution in [0.5, 0.6) is 0 Å². The minimum Gasteiger partial charge on any atom is -0.870 e. The SMILES string of the molecule is CCCCCCCCCC[N+](C)(C)C.O.[OH-]. The normalized spacial score (nSPS) is 10.5. The van der Waals surface area contributed by atoms with Gasteiger partial charge in [-0.2, -0.15) is 0 Å². The molecule has 0 atom stereocenters. The molecule has 0 aliphatic heterocycles. The molecule has 0 aliphatic carbocycles. The molecule has 3 nitrogen and oxygen atoms in total. The molecule has 16 heavy (non-hydrogen) atoms. The Morgan fingerprint density at radius 2 is 1.06 bits per heavy atom. The fourth-order valence-electron chi connectivity index (χ4n) is 1.72. The summed E-state index contributed by atoms with van der Waals surface area (Å²) >= 11 is 0. The summed E-state index contributed by atoms with van der Waals surface area (Å²) in [5, 5.41) is 0. The van der Waals surface area contributed by atoms with Crippen molar-refractivity contribution in [1.29, 1.82) is 0 Å². The second-order valence-corrected chi connectivity index (χ2v) is 5.49. The van der Waals surface area contributed by atoms with Crippen LogP contribution in [0.1, 0.15) is 58.3 Å². The second-order valence-electron chi connectivity index (χ2n) is 5.49. The number of hydrogen-bond acceptors (Lipinski definition) is 1. The number of quaternary nitrogens is 1. The van der Waals surface area contributed by atoms with Crippen LogP contribution in [0.4, 0.5) is 0 Å². The molecule has 0 aromatic heterocycles.